The van der Waals surface area contributed by atoms with Crippen LogP contribution in [-0.4, -0.2) is 31.3 Å². The summed E-state index contributed by atoms with van der Waals surface area (Å²) in [6.45, 7) is 0.158. The molecule has 19 heavy (non-hydrogen) atoms. The molecule has 5 heteroatoms. The fourth-order valence-corrected chi connectivity index (χ4v) is 2.73. The SMILES string of the molecule is COc1cc(-c2ccccc2)sc1C(=O)NCCO. The largest absolute Gasteiger partial charge is 0.495 e. The molecule has 1 amide bonds. The first kappa shape index (κ1) is 13.6. The quantitative estimate of drug-likeness (QED) is 0.880. The van der Waals surface area contributed by atoms with Gasteiger partial charge in [0.2, 0.25) is 0 Å². The molecule has 0 spiro atoms. The third-order valence-corrected chi connectivity index (χ3v) is 3.74. The van der Waals surface area contributed by atoms with Crippen LogP contribution >= 0.6 is 11.3 Å². The first-order valence-electron chi connectivity index (χ1n) is 5.88. The van der Waals surface area contributed by atoms with Gasteiger partial charge < -0.3 is 15.2 Å². The van der Waals surface area contributed by atoms with E-state index in [0.717, 1.165) is 10.4 Å². The standard InChI is InChI=1S/C14H15NO3S/c1-18-11-9-12(10-5-3-2-4-6-10)19-13(11)14(17)15-7-8-16/h2-6,9,16H,7-8H2,1H3,(H,15,17). The number of ether oxygens (including phenoxy) is 1. The molecule has 0 atom stereocenters. The fraction of sp³-hybridized carbons (Fsp3) is 0.214. The molecule has 0 aliphatic heterocycles. The van der Waals surface area contributed by atoms with Crippen LogP contribution in [0.1, 0.15) is 9.67 Å². The lowest BCUT2D eigenvalue weighted by molar-refractivity contribution is 0.0946. The minimum Gasteiger partial charge on any atom is -0.495 e. The second kappa shape index (κ2) is 6.36. The van der Waals surface area contributed by atoms with Crippen LogP contribution in [-0.2, 0) is 0 Å². The Morgan fingerprint density at radius 3 is 2.74 bits per heavy atom. The summed E-state index contributed by atoms with van der Waals surface area (Å²) in [7, 11) is 1.54. The number of nitrogens with one attached hydrogen (secondary N) is 1. The average molecular weight is 277 g/mol. The predicted octanol–water partition coefficient (Wildman–Crippen LogP) is 2.15. The Morgan fingerprint density at radius 2 is 2.11 bits per heavy atom. The highest BCUT2D eigenvalue weighted by molar-refractivity contribution is 7.17. The van der Waals surface area contributed by atoms with Crippen molar-refractivity contribution in [3.8, 4) is 16.2 Å². The molecule has 2 N–H and O–H groups in total. The van der Waals surface area contributed by atoms with Gasteiger partial charge >= 0.3 is 0 Å². The van der Waals surface area contributed by atoms with Crippen LogP contribution in [0.4, 0.5) is 0 Å². The summed E-state index contributed by atoms with van der Waals surface area (Å²) in [5.41, 5.74) is 1.05. The number of thiophene rings is 1. The van der Waals surface area contributed by atoms with E-state index in [9.17, 15) is 4.79 Å². The van der Waals surface area contributed by atoms with Crippen LogP contribution in [0.15, 0.2) is 36.4 Å². The van der Waals surface area contributed by atoms with E-state index in [-0.39, 0.29) is 19.1 Å². The lowest BCUT2D eigenvalue weighted by Crippen LogP contribution is -2.25. The van der Waals surface area contributed by atoms with E-state index in [1.807, 2.05) is 36.4 Å². The van der Waals surface area contributed by atoms with Crippen molar-refractivity contribution in [2.24, 2.45) is 0 Å². The van der Waals surface area contributed by atoms with Gasteiger partial charge in [-0.25, -0.2) is 0 Å². The van der Waals surface area contributed by atoms with Gasteiger partial charge in [-0.3, -0.25) is 4.79 Å². The van der Waals surface area contributed by atoms with E-state index in [0.29, 0.717) is 10.6 Å². The van der Waals surface area contributed by atoms with Gasteiger partial charge in [-0.15, -0.1) is 11.3 Å². The first-order chi connectivity index (χ1) is 9.26. The molecule has 1 aromatic heterocycles. The molecule has 0 aliphatic rings. The number of methoxy groups -OCH3 is 1. The van der Waals surface area contributed by atoms with E-state index in [1.165, 1.54) is 11.3 Å². The summed E-state index contributed by atoms with van der Waals surface area (Å²) in [5, 5.41) is 11.4. The molecule has 2 aromatic rings. The second-order valence-corrected chi connectivity index (χ2v) is 4.91. The van der Waals surface area contributed by atoms with E-state index >= 15 is 0 Å². The maximum absolute atomic E-state index is 11.9. The van der Waals surface area contributed by atoms with Gasteiger partial charge in [-0.05, 0) is 11.6 Å². The molecule has 0 bridgehead atoms. The minimum atomic E-state index is -0.224. The van der Waals surface area contributed by atoms with E-state index in [4.69, 9.17) is 9.84 Å². The van der Waals surface area contributed by atoms with E-state index < -0.39 is 0 Å². The van der Waals surface area contributed by atoms with Gasteiger partial charge in [0.1, 0.15) is 10.6 Å². The molecule has 0 fully saturated rings. The topological polar surface area (TPSA) is 58.6 Å². The van der Waals surface area contributed by atoms with Crippen molar-refractivity contribution >= 4 is 17.2 Å². The number of hydrogen-bond acceptors (Lipinski definition) is 4. The molecule has 0 saturated heterocycles. The minimum absolute atomic E-state index is 0.0784. The van der Waals surface area contributed by atoms with Gasteiger partial charge in [-0.2, -0.15) is 0 Å². The Balaban J connectivity index is 2.30. The van der Waals surface area contributed by atoms with Crippen molar-refractivity contribution in [1.82, 2.24) is 5.32 Å². The Kier molecular flexibility index (Phi) is 4.54. The van der Waals surface area contributed by atoms with Crippen molar-refractivity contribution < 1.29 is 14.6 Å². The summed E-state index contributed by atoms with van der Waals surface area (Å²) < 4.78 is 5.24. The predicted molar refractivity (Wildman–Crippen MR) is 75.7 cm³/mol. The monoisotopic (exact) mass is 277 g/mol. The molecule has 100 valence electrons. The van der Waals surface area contributed by atoms with Gasteiger partial charge in [0.15, 0.2) is 0 Å². The summed E-state index contributed by atoms with van der Waals surface area (Å²) in [4.78, 5) is 13.4. The van der Waals surface area contributed by atoms with Crippen molar-refractivity contribution in [2.75, 3.05) is 20.3 Å². The Labute approximate surface area is 115 Å². The number of aliphatic hydroxyl groups excluding tert-OH is 1. The summed E-state index contributed by atoms with van der Waals surface area (Å²) in [6, 6.07) is 11.7. The number of aliphatic hydroxyl groups is 1. The third-order valence-electron chi connectivity index (χ3n) is 2.58. The van der Waals surface area contributed by atoms with Crippen molar-refractivity contribution in [3.05, 3.63) is 41.3 Å². The van der Waals surface area contributed by atoms with E-state index in [2.05, 4.69) is 5.32 Å². The van der Waals surface area contributed by atoms with Gasteiger partial charge in [-0.1, -0.05) is 30.3 Å². The molecule has 0 saturated carbocycles. The van der Waals surface area contributed by atoms with Gasteiger partial charge in [0.25, 0.3) is 5.91 Å². The number of rotatable bonds is 5. The van der Waals surface area contributed by atoms with Crippen molar-refractivity contribution in [2.45, 2.75) is 0 Å². The molecule has 0 aliphatic carbocycles. The zero-order chi connectivity index (χ0) is 13.7. The highest BCUT2D eigenvalue weighted by Gasteiger charge is 2.17. The summed E-state index contributed by atoms with van der Waals surface area (Å²) in [6.07, 6.45) is 0. The van der Waals surface area contributed by atoms with Crippen molar-refractivity contribution in [3.63, 3.8) is 0 Å². The lowest BCUT2D eigenvalue weighted by atomic mass is 10.2. The number of benzene rings is 1. The van der Waals surface area contributed by atoms with E-state index in [1.54, 1.807) is 7.11 Å². The van der Waals surface area contributed by atoms with Gasteiger partial charge in [0, 0.05) is 11.4 Å². The number of hydrogen-bond donors (Lipinski definition) is 2. The smallest absolute Gasteiger partial charge is 0.265 e. The lowest BCUT2D eigenvalue weighted by Gasteiger charge is -2.02. The maximum atomic E-state index is 11.9. The average Bonchev–Trinajstić information content (AvgIpc) is 2.90. The summed E-state index contributed by atoms with van der Waals surface area (Å²) >= 11 is 1.38. The van der Waals surface area contributed by atoms with Gasteiger partial charge in [0.05, 0.1) is 13.7 Å². The summed E-state index contributed by atoms with van der Waals surface area (Å²) in [5.74, 6) is 0.331. The molecule has 2 rings (SSSR count). The van der Waals surface area contributed by atoms with Crippen LogP contribution in [0.25, 0.3) is 10.4 Å². The fourth-order valence-electron chi connectivity index (χ4n) is 1.68. The number of carbonyl (C=O) groups is 1. The van der Waals surface area contributed by atoms with Crippen LogP contribution in [0.2, 0.25) is 0 Å². The number of amides is 1. The first-order valence-corrected chi connectivity index (χ1v) is 6.70. The normalized spacial score (nSPS) is 10.2. The maximum Gasteiger partial charge on any atom is 0.265 e. The molecule has 1 heterocycles. The molecule has 0 radical (unpaired) electrons. The van der Waals surface area contributed by atoms with Crippen molar-refractivity contribution in [1.29, 1.82) is 0 Å². The highest BCUT2D eigenvalue weighted by atomic mass is 32.1. The van der Waals surface area contributed by atoms with Crippen LogP contribution in [0.5, 0.6) is 5.75 Å². The Bertz CT molecular complexity index is 551. The Hall–Kier alpha value is -1.85. The molecule has 0 unspecified atom stereocenters. The molecule has 4 nitrogen and oxygen atoms in total. The highest BCUT2D eigenvalue weighted by Crippen LogP contribution is 2.35. The third kappa shape index (κ3) is 3.13. The van der Waals surface area contributed by atoms with Crippen LogP contribution in [0.3, 0.4) is 0 Å². The molecular weight excluding hydrogens is 262 g/mol. The number of carbonyl (C=O) groups excluding carboxylic acids is 1. The molecule has 1 aromatic carbocycles. The second-order valence-electron chi connectivity index (χ2n) is 3.85. The van der Waals surface area contributed by atoms with Crippen LogP contribution in [0, 0.1) is 0 Å². The zero-order valence-corrected chi connectivity index (χ0v) is 11.4. The van der Waals surface area contributed by atoms with Crippen LogP contribution < -0.4 is 10.1 Å². The molecular formula is C14H15NO3S. The Morgan fingerprint density at radius 1 is 1.37 bits per heavy atom. The zero-order valence-electron chi connectivity index (χ0n) is 10.6.